The van der Waals surface area contributed by atoms with Crippen molar-refractivity contribution in [2.75, 3.05) is 0 Å². The Morgan fingerprint density at radius 3 is 0.968 bits per heavy atom. The van der Waals surface area contributed by atoms with Crippen molar-refractivity contribution < 1.29 is 19.2 Å². The van der Waals surface area contributed by atoms with E-state index in [1.807, 2.05) is 72.8 Å². The Hall–Kier alpha value is -4.42. The van der Waals surface area contributed by atoms with Crippen LogP contribution < -0.4 is 0 Å². The number of hydrogen-bond donors (Lipinski definition) is 0. The zero-order valence-corrected chi connectivity index (χ0v) is 41.6. The minimum Gasteiger partial charge on any atom is -0.289 e. The van der Waals surface area contributed by atoms with Gasteiger partial charge in [0.2, 0.25) is 0 Å². The van der Waals surface area contributed by atoms with Gasteiger partial charge in [-0.05, 0) is 162 Å². The second kappa shape index (κ2) is 17.6. The van der Waals surface area contributed by atoms with Crippen LogP contribution in [0.2, 0.25) is 0 Å². The molecule has 0 radical (unpaired) electrons. The number of rotatable bonds is 2. The molecule has 0 heterocycles. The maximum absolute atomic E-state index is 13.3. The summed E-state index contributed by atoms with van der Waals surface area (Å²) in [5.74, 6) is -0.396. The lowest BCUT2D eigenvalue weighted by Gasteiger charge is -2.19. The third kappa shape index (κ3) is 8.38. The average Bonchev–Trinajstić information content (AvgIpc) is 3.27. The minimum atomic E-state index is -0.110. The van der Waals surface area contributed by atoms with E-state index in [9.17, 15) is 19.2 Å². The van der Waals surface area contributed by atoms with E-state index in [0.29, 0.717) is 33.4 Å². The number of ketones is 4. The van der Waals surface area contributed by atoms with Gasteiger partial charge in [0.05, 0.1) is 7.47 Å². The highest BCUT2D eigenvalue weighted by Crippen LogP contribution is 2.42. The third-order valence-electron chi connectivity index (χ3n) is 11.0. The molecule has 2 aliphatic rings. The largest absolute Gasteiger partial charge is 0.289 e. The number of hydrogen-bond acceptors (Lipinski definition) is 4. The Bertz CT molecular complexity index is 3380. The maximum Gasteiger partial charge on any atom is 0.194 e. The Morgan fingerprint density at radius 1 is 0.306 bits per heavy atom. The number of carbonyl (C=O) groups excluding carboxylic acids is 4. The number of allylic oxidation sites excluding steroid dienone is 2. The number of carbonyl (C=O) groups is 4. The van der Waals surface area contributed by atoms with Crippen LogP contribution in [-0.2, 0) is 0 Å². The monoisotopic (exact) mass is 1190 g/mol. The lowest BCUT2D eigenvalue weighted by Crippen LogP contribution is -2.20. The van der Waals surface area contributed by atoms with Crippen molar-refractivity contribution in [1.29, 1.82) is 0 Å². The van der Waals surface area contributed by atoms with Crippen LogP contribution in [0.4, 0.5) is 0 Å². The molecule has 0 spiro atoms. The molecule has 62 heavy (non-hydrogen) atoms. The molecule has 0 saturated carbocycles. The second-order valence-corrected chi connectivity index (χ2v) is 22.8. The molecule has 0 bridgehead atoms. The highest BCUT2D eigenvalue weighted by Gasteiger charge is 2.30. The fourth-order valence-corrected chi connectivity index (χ4v) is 10.3. The van der Waals surface area contributed by atoms with Crippen LogP contribution in [0.5, 0.6) is 0 Å². The molecule has 0 amide bonds. The normalized spacial score (nSPS) is 13.0. The third-order valence-corrected chi connectivity index (χ3v) is 14.0. The lowest BCUT2D eigenvalue weighted by molar-refractivity contribution is 0.0979. The van der Waals surface area contributed by atoms with Crippen LogP contribution in [0.25, 0.3) is 53.9 Å². The Balaban J connectivity index is 0.000000128. The Morgan fingerprint density at radius 2 is 0.597 bits per heavy atom. The van der Waals surface area contributed by atoms with Gasteiger partial charge in [-0.25, -0.2) is 0 Å². The second-order valence-electron chi connectivity index (χ2n) is 14.9. The molecule has 9 aromatic carbocycles. The van der Waals surface area contributed by atoms with E-state index in [1.54, 1.807) is 12.1 Å². The molecule has 0 aromatic heterocycles. The molecular weight excluding hydrogens is 1170 g/mol. The number of fused-ring (bicyclic) bond motifs is 8. The van der Waals surface area contributed by atoms with Crippen molar-refractivity contribution in [1.82, 2.24) is 0 Å². The van der Waals surface area contributed by atoms with Crippen LogP contribution >= 0.6 is 95.6 Å². The maximum atomic E-state index is 13.3. The van der Waals surface area contributed by atoms with E-state index in [0.717, 1.165) is 52.0 Å². The SMILES string of the molecule is BrC(Br)c1cc2ccccc2cc1C(Br)Br.O=C1C=CC(=O)c2cc3cc(Br)ccc3cc21.O=C1c2cc3ccc(Br)cc3cc2C(=O)c2cc3cc4ccccc4cc3cc21. The topological polar surface area (TPSA) is 68.3 Å². The summed E-state index contributed by atoms with van der Waals surface area (Å²) in [7, 11) is 0. The molecule has 0 atom stereocenters. The molecule has 0 aliphatic heterocycles. The van der Waals surface area contributed by atoms with E-state index in [-0.39, 0.29) is 30.6 Å². The number of halogens is 6. The highest BCUT2D eigenvalue weighted by atomic mass is 79.9. The summed E-state index contributed by atoms with van der Waals surface area (Å²) in [6.07, 6.45) is 2.66. The smallest absolute Gasteiger partial charge is 0.194 e. The van der Waals surface area contributed by atoms with Gasteiger partial charge in [-0.3, -0.25) is 19.2 Å². The summed E-state index contributed by atoms with van der Waals surface area (Å²) >= 11 is 21.1. The van der Waals surface area contributed by atoms with Crippen molar-refractivity contribution in [2.24, 2.45) is 0 Å². The molecule has 0 saturated heterocycles. The first-order chi connectivity index (χ1) is 29.8. The van der Waals surface area contributed by atoms with Gasteiger partial charge in [0.25, 0.3) is 0 Å². The molecule has 4 nitrogen and oxygen atoms in total. The van der Waals surface area contributed by atoms with Gasteiger partial charge in [-0.1, -0.05) is 156 Å². The van der Waals surface area contributed by atoms with Crippen LogP contribution in [0.1, 0.15) is 71.2 Å². The van der Waals surface area contributed by atoms with Crippen LogP contribution in [-0.4, -0.2) is 23.1 Å². The van der Waals surface area contributed by atoms with Crippen LogP contribution in [0.3, 0.4) is 0 Å². The lowest BCUT2D eigenvalue weighted by atomic mass is 9.81. The van der Waals surface area contributed by atoms with E-state index >= 15 is 0 Å². The van der Waals surface area contributed by atoms with E-state index in [4.69, 9.17) is 0 Å². The van der Waals surface area contributed by atoms with Crippen molar-refractivity contribution in [3.8, 4) is 0 Å². The van der Waals surface area contributed by atoms with Gasteiger partial charge < -0.3 is 0 Å². The first kappa shape index (κ1) is 42.9. The summed E-state index contributed by atoms with van der Waals surface area (Å²) in [5.41, 5.74) is 5.39. The van der Waals surface area contributed by atoms with Gasteiger partial charge in [0, 0.05) is 42.3 Å². The molecular formula is C52H28Br6O4. The van der Waals surface area contributed by atoms with Crippen molar-refractivity contribution >= 4 is 173 Å². The molecule has 9 aromatic rings. The van der Waals surface area contributed by atoms with Crippen molar-refractivity contribution in [2.45, 2.75) is 7.47 Å². The molecule has 10 heteroatoms. The number of alkyl halides is 4. The molecule has 0 fully saturated rings. The molecule has 0 N–H and O–H groups in total. The van der Waals surface area contributed by atoms with Gasteiger partial charge in [-0.2, -0.15) is 0 Å². The summed E-state index contributed by atoms with van der Waals surface area (Å²) < 4.78 is 2.22. The summed E-state index contributed by atoms with van der Waals surface area (Å²) in [4.78, 5) is 50.0. The Kier molecular flexibility index (Phi) is 12.2. The average molecular weight is 1200 g/mol. The molecule has 302 valence electrons. The highest BCUT2D eigenvalue weighted by molar-refractivity contribution is 9.24. The first-order valence-corrected chi connectivity index (χ1v) is 24.5. The van der Waals surface area contributed by atoms with Gasteiger partial charge in [0.1, 0.15) is 0 Å². The van der Waals surface area contributed by atoms with Gasteiger partial charge in [0.15, 0.2) is 23.1 Å². The number of benzene rings is 9. The van der Waals surface area contributed by atoms with Crippen molar-refractivity contribution in [3.05, 3.63) is 211 Å². The van der Waals surface area contributed by atoms with Crippen LogP contribution in [0, 0.1) is 0 Å². The fourth-order valence-electron chi connectivity index (χ4n) is 7.96. The molecule has 2 aliphatic carbocycles. The zero-order chi connectivity index (χ0) is 43.4. The zero-order valence-electron chi connectivity index (χ0n) is 32.1. The molecule has 11 rings (SSSR count). The van der Waals surface area contributed by atoms with Gasteiger partial charge >= 0.3 is 0 Å². The van der Waals surface area contributed by atoms with Crippen LogP contribution in [0.15, 0.2) is 167 Å². The standard InChI is InChI=1S/C26H13BrO2.C14H7BrO2.C12H8Br4/c27-20-6-5-16-10-21-24(13-19(16)9-20)26(29)23-12-18-8-15-4-2-1-3-14(15)7-17(18)11-22(23)25(21)28;15-10-2-1-8-6-11-12(7-9(8)5-10)14(17)4-3-13(11)16;13-11(14)9-5-7-3-1-2-4-8(7)6-10(9)12(15)16/h1-13H;1-7H;1-6,11-12H. The molecule has 0 unspecified atom stereocenters. The van der Waals surface area contributed by atoms with Crippen molar-refractivity contribution in [3.63, 3.8) is 0 Å². The summed E-state index contributed by atoms with van der Waals surface area (Å²) in [5, 5.41) is 10.5. The quantitative estimate of drug-likeness (QED) is 0.128. The van der Waals surface area contributed by atoms with E-state index in [2.05, 4.69) is 156 Å². The Labute approximate surface area is 406 Å². The van der Waals surface area contributed by atoms with E-state index in [1.165, 1.54) is 34.1 Å². The predicted octanol–water partition coefficient (Wildman–Crippen LogP) is 16.6. The van der Waals surface area contributed by atoms with Gasteiger partial charge in [-0.15, -0.1) is 0 Å². The predicted molar refractivity (Wildman–Crippen MR) is 275 cm³/mol. The minimum absolute atomic E-state index is 0.0884. The summed E-state index contributed by atoms with van der Waals surface area (Å²) in [6, 6.07) is 47.7. The summed E-state index contributed by atoms with van der Waals surface area (Å²) in [6.45, 7) is 0. The fraction of sp³-hybridized carbons (Fsp3) is 0.0385. The first-order valence-electron chi connectivity index (χ1n) is 19.2. The van der Waals surface area contributed by atoms with E-state index < -0.39 is 0 Å².